The number of rotatable bonds is 7. The third-order valence-corrected chi connectivity index (χ3v) is 7.67. The number of nitrogens with zero attached hydrogens (tertiary/aromatic N) is 1. The summed E-state index contributed by atoms with van der Waals surface area (Å²) in [7, 11) is 0. The summed E-state index contributed by atoms with van der Waals surface area (Å²) in [5.41, 5.74) is 3.47. The van der Waals surface area contributed by atoms with Crippen LogP contribution in [0.5, 0.6) is 0 Å². The molecule has 35 heavy (non-hydrogen) atoms. The second-order valence-electron chi connectivity index (χ2n) is 9.53. The molecule has 8 nitrogen and oxygen atoms in total. The average Bonchev–Trinajstić information content (AvgIpc) is 3.44. The molecule has 1 saturated heterocycles. The van der Waals surface area contributed by atoms with Gasteiger partial charge in [0.1, 0.15) is 18.1 Å². The summed E-state index contributed by atoms with van der Waals surface area (Å²) in [5, 5.41) is 12.4. The third-order valence-electron chi connectivity index (χ3n) is 7.67. The van der Waals surface area contributed by atoms with Crippen molar-refractivity contribution in [3.63, 3.8) is 0 Å². The lowest BCUT2D eigenvalue weighted by Crippen LogP contribution is -2.65. The first-order valence-corrected chi connectivity index (χ1v) is 12.2. The van der Waals surface area contributed by atoms with Crippen LogP contribution in [0.1, 0.15) is 43.2 Å². The maximum Gasteiger partial charge on any atom is 0.408 e. The monoisotopic (exact) mass is 478 g/mol. The van der Waals surface area contributed by atoms with E-state index >= 15 is 0 Å². The van der Waals surface area contributed by atoms with E-state index in [-0.39, 0.29) is 31.6 Å². The molecule has 3 aliphatic rings. The van der Waals surface area contributed by atoms with E-state index in [1.54, 1.807) is 4.90 Å². The molecule has 0 bridgehead atoms. The van der Waals surface area contributed by atoms with Gasteiger partial charge in [-0.25, -0.2) is 4.79 Å². The zero-order valence-electron chi connectivity index (χ0n) is 19.7. The van der Waals surface area contributed by atoms with Crippen molar-refractivity contribution >= 4 is 18.0 Å². The van der Waals surface area contributed by atoms with E-state index in [0.717, 1.165) is 28.7 Å². The largest absolute Gasteiger partial charge is 0.481 e. The van der Waals surface area contributed by atoms with Crippen molar-refractivity contribution in [3.8, 4) is 11.1 Å². The molecule has 2 atom stereocenters. The van der Waals surface area contributed by atoms with Crippen LogP contribution < -0.4 is 5.32 Å². The Morgan fingerprint density at radius 3 is 2.23 bits per heavy atom. The first-order valence-electron chi connectivity index (χ1n) is 12.2. The second-order valence-corrected chi connectivity index (χ2v) is 9.53. The van der Waals surface area contributed by atoms with Gasteiger partial charge in [-0.1, -0.05) is 48.5 Å². The quantitative estimate of drug-likeness (QED) is 0.632. The highest BCUT2D eigenvalue weighted by Crippen LogP contribution is 2.44. The first-order chi connectivity index (χ1) is 16.9. The third kappa shape index (κ3) is 4.05. The number of alkyl carbamates (subject to hydrolysis) is 1. The highest BCUT2D eigenvalue weighted by Gasteiger charge is 2.51. The van der Waals surface area contributed by atoms with Crippen LogP contribution in [0.25, 0.3) is 11.1 Å². The lowest BCUT2D eigenvalue weighted by atomic mass is 9.75. The Hall–Kier alpha value is -3.39. The van der Waals surface area contributed by atoms with E-state index < -0.39 is 29.6 Å². The number of nitrogens with one attached hydrogen (secondary N) is 1. The van der Waals surface area contributed by atoms with Crippen LogP contribution in [-0.2, 0) is 19.1 Å². The second kappa shape index (κ2) is 9.34. The van der Waals surface area contributed by atoms with Crippen LogP contribution in [0.3, 0.4) is 0 Å². The number of carbonyl (C=O) groups excluding carboxylic acids is 2. The molecular formula is C27H30N2O6. The van der Waals surface area contributed by atoms with Gasteiger partial charge < -0.3 is 24.8 Å². The van der Waals surface area contributed by atoms with Crippen molar-refractivity contribution < 1.29 is 29.0 Å². The smallest absolute Gasteiger partial charge is 0.408 e. The fourth-order valence-corrected chi connectivity index (χ4v) is 5.64. The predicted molar refractivity (Wildman–Crippen MR) is 128 cm³/mol. The zero-order valence-corrected chi connectivity index (χ0v) is 19.7. The van der Waals surface area contributed by atoms with Crippen LogP contribution in [-0.4, -0.2) is 65.9 Å². The summed E-state index contributed by atoms with van der Waals surface area (Å²) in [4.78, 5) is 39.7. The highest BCUT2D eigenvalue weighted by atomic mass is 16.5. The molecule has 2 unspecified atom stereocenters. The van der Waals surface area contributed by atoms with Crippen molar-refractivity contribution in [2.45, 2.75) is 43.7 Å². The van der Waals surface area contributed by atoms with E-state index in [2.05, 4.69) is 29.6 Å². The zero-order chi connectivity index (χ0) is 24.6. The standard InChI is InChI=1S/C27H30N2O6/c1-2-29(23-16-34-14-22(23)24(30)31)25(32)27(12-7-13-27)28-26(33)35-15-21-19-10-5-3-8-17(19)18-9-4-6-11-20(18)21/h3-6,8-11,21-23H,2,7,12-16H2,1H3,(H,28,33)(H,30,31). The minimum absolute atomic E-state index is 0.0692. The number of ether oxygens (including phenoxy) is 2. The minimum atomic E-state index is -1.07. The number of amides is 2. The molecule has 2 aromatic carbocycles. The Kier molecular flexibility index (Phi) is 6.23. The number of aliphatic carboxylic acids is 1. The Morgan fingerprint density at radius 2 is 1.69 bits per heavy atom. The SMILES string of the molecule is CCN(C(=O)C1(NC(=O)OCC2c3ccccc3-c3ccccc32)CCC1)C1COCC1C(=O)O. The first kappa shape index (κ1) is 23.4. The topological polar surface area (TPSA) is 105 Å². The maximum atomic E-state index is 13.6. The van der Waals surface area contributed by atoms with Gasteiger partial charge in [0, 0.05) is 12.5 Å². The van der Waals surface area contributed by atoms with E-state index in [1.807, 2.05) is 31.2 Å². The summed E-state index contributed by atoms with van der Waals surface area (Å²) in [6.07, 6.45) is 1.17. The summed E-state index contributed by atoms with van der Waals surface area (Å²) in [6.45, 7) is 2.58. The normalized spacial score (nSPS) is 22.0. The molecule has 1 heterocycles. The molecule has 184 valence electrons. The Morgan fingerprint density at radius 1 is 1.06 bits per heavy atom. The number of hydrogen-bond acceptors (Lipinski definition) is 5. The molecule has 0 aromatic heterocycles. The van der Waals surface area contributed by atoms with Crippen molar-refractivity contribution in [3.05, 3.63) is 59.7 Å². The van der Waals surface area contributed by atoms with Crippen molar-refractivity contribution in [2.24, 2.45) is 5.92 Å². The molecule has 2 amide bonds. The van der Waals surface area contributed by atoms with Crippen molar-refractivity contribution in [2.75, 3.05) is 26.4 Å². The van der Waals surface area contributed by atoms with Crippen molar-refractivity contribution in [1.29, 1.82) is 0 Å². The van der Waals surface area contributed by atoms with Crippen LogP contribution in [0, 0.1) is 5.92 Å². The molecule has 2 fully saturated rings. The Labute approximate surface area is 204 Å². The number of hydrogen-bond donors (Lipinski definition) is 2. The molecule has 0 spiro atoms. The molecule has 2 aromatic rings. The van der Waals surface area contributed by atoms with Crippen LogP contribution >= 0.6 is 0 Å². The number of carboxylic acid groups (broad SMARTS) is 1. The fraction of sp³-hybridized carbons (Fsp3) is 0.444. The lowest BCUT2D eigenvalue weighted by molar-refractivity contribution is -0.149. The Balaban J connectivity index is 1.28. The summed E-state index contributed by atoms with van der Waals surface area (Å²) in [5.74, 6) is -2.09. The molecule has 1 aliphatic heterocycles. The van der Waals surface area contributed by atoms with E-state index in [9.17, 15) is 19.5 Å². The summed E-state index contributed by atoms with van der Waals surface area (Å²) >= 11 is 0. The van der Waals surface area contributed by atoms with Gasteiger partial charge in [0.15, 0.2) is 0 Å². The predicted octanol–water partition coefficient (Wildman–Crippen LogP) is 3.40. The summed E-state index contributed by atoms with van der Waals surface area (Å²) < 4.78 is 11.1. The van der Waals surface area contributed by atoms with E-state index in [1.165, 1.54) is 0 Å². The number of benzene rings is 2. The molecular weight excluding hydrogens is 448 g/mol. The number of fused-ring (bicyclic) bond motifs is 3. The fourth-order valence-electron chi connectivity index (χ4n) is 5.64. The average molecular weight is 479 g/mol. The summed E-state index contributed by atoms with van der Waals surface area (Å²) in [6, 6.07) is 15.7. The molecule has 0 radical (unpaired) electrons. The van der Waals surface area contributed by atoms with Crippen LogP contribution in [0.15, 0.2) is 48.5 Å². The van der Waals surface area contributed by atoms with Crippen LogP contribution in [0.2, 0.25) is 0 Å². The van der Waals surface area contributed by atoms with Gasteiger partial charge in [-0.15, -0.1) is 0 Å². The Bertz CT molecular complexity index is 1100. The van der Waals surface area contributed by atoms with Gasteiger partial charge in [-0.05, 0) is 48.4 Å². The maximum absolute atomic E-state index is 13.6. The van der Waals surface area contributed by atoms with Gasteiger partial charge in [-0.3, -0.25) is 9.59 Å². The molecule has 2 aliphatic carbocycles. The van der Waals surface area contributed by atoms with Crippen molar-refractivity contribution in [1.82, 2.24) is 10.2 Å². The van der Waals surface area contributed by atoms with Gasteiger partial charge in [0.2, 0.25) is 5.91 Å². The van der Waals surface area contributed by atoms with Gasteiger partial charge >= 0.3 is 12.1 Å². The van der Waals surface area contributed by atoms with E-state index in [0.29, 0.717) is 19.4 Å². The van der Waals surface area contributed by atoms with Crippen LogP contribution in [0.4, 0.5) is 4.79 Å². The number of carboxylic acids is 1. The van der Waals surface area contributed by atoms with Gasteiger partial charge in [0.05, 0.1) is 19.3 Å². The lowest BCUT2D eigenvalue weighted by Gasteiger charge is -2.45. The molecule has 1 saturated carbocycles. The van der Waals surface area contributed by atoms with Gasteiger partial charge in [-0.2, -0.15) is 0 Å². The number of carbonyl (C=O) groups is 3. The highest BCUT2D eigenvalue weighted by molar-refractivity contribution is 5.91. The molecule has 5 rings (SSSR count). The van der Waals surface area contributed by atoms with E-state index in [4.69, 9.17) is 9.47 Å². The van der Waals surface area contributed by atoms with Gasteiger partial charge in [0.25, 0.3) is 0 Å². The number of likely N-dealkylation sites (N-methyl/N-ethyl adjacent to an activating group) is 1. The molecule has 8 heteroatoms. The molecule has 2 N–H and O–H groups in total. The minimum Gasteiger partial charge on any atom is -0.481 e.